The Balaban J connectivity index is 1.40. The molecule has 7 heteroatoms. The van der Waals surface area contributed by atoms with E-state index in [9.17, 15) is 9.59 Å². The number of hydrogen-bond donors (Lipinski definition) is 2. The third kappa shape index (κ3) is 6.45. The Bertz CT molecular complexity index is 759. The lowest BCUT2D eigenvalue weighted by Gasteiger charge is -2.34. The Labute approximate surface area is 186 Å². The molecule has 0 aromatic heterocycles. The lowest BCUT2D eigenvalue weighted by Crippen LogP contribution is -2.50. The minimum atomic E-state index is 0.0563. The van der Waals surface area contributed by atoms with Crippen LogP contribution in [0.25, 0.3) is 0 Å². The number of fused-ring (bicyclic) bond motifs is 1. The molecule has 0 spiro atoms. The molecule has 2 aliphatic heterocycles. The highest BCUT2D eigenvalue weighted by atomic mass is 16.2. The molecule has 3 rings (SSSR count). The summed E-state index contributed by atoms with van der Waals surface area (Å²) in [6.45, 7) is 10.4. The van der Waals surface area contributed by atoms with Crippen LogP contribution in [0.15, 0.2) is 29.3 Å². The van der Waals surface area contributed by atoms with E-state index >= 15 is 0 Å². The summed E-state index contributed by atoms with van der Waals surface area (Å²) in [7, 11) is 0. The van der Waals surface area contributed by atoms with Crippen molar-refractivity contribution in [3.63, 3.8) is 0 Å². The average molecular weight is 428 g/mol. The standard InChI is InChI=1S/C24H37N5O2/c1-4-25-24(27-21-11-14-28(15-12-21)23(31)18(2)3)26-13-7-10-22(30)29-16-19-8-5-6-9-20(19)17-29/h5-6,8-9,18,21H,4,7,10-17H2,1-3H3,(H2,25,26,27). The number of aliphatic imine (C=N–C) groups is 1. The molecule has 170 valence electrons. The van der Waals surface area contributed by atoms with Crippen LogP contribution in [0.1, 0.15) is 57.6 Å². The van der Waals surface area contributed by atoms with Crippen molar-refractivity contribution in [2.24, 2.45) is 10.9 Å². The first-order valence-electron chi connectivity index (χ1n) is 11.7. The smallest absolute Gasteiger partial charge is 0.225 e. The highest BCUT2D eigenvalue weighted by Gasteiger charge is 2.25. The quantitative estimate of drug-likeness (QED) is 0.398. The zero-order valence-corrected chi connectivity index (χ0v) is 19.2. The molecular formula is C24H37N5O2. The van der Waals surface area contributed by atoms with E-state index in [1.807, 2.05) is 35.8 Å². The maximum Gasteiger partial charge on any atom is 0.225 e. The van der Waals surface area contributed by atoms with Crippen LogP contribution in [0.2, 0.25) is 0 Å². The second-order valence-corrected chi connectivity index (χ2v) is 8.78. The number of nitrogens with one attached hydrogen (secondary N) is 2. The number of guanidine groups is 1. The number of benzene rings is 1. The number of carbonyl (C=O) groups is 2. The van der Waals surface area contributed by atoms with Crippen molar-refractivity contribution in [1.82, 2.24) is 20.4 Å². The number of piperidine rings is 1. The van der Waals surface area contributed by atoms with Crippen molar-refractivity contribution in [3.05, 3.63) is 35.4 Å². The number of likely N-dealkylation sites (tertiary alicyclic amines) is 1. The second kappa shape index (κ2) is 11.2. The fourth-order valence-electron chi connectivity index (χ4n) is 4.21. The first-order valence-corrected chi connectivity index (χ1v) is 11.7. The Kier molecular flexibility index (Phi) is 8.32. The third-order valence-electron chi connectivity index (χ3n) is 6.00. The predicted octanol–water partition coefficient (Wildman–Crippen LogP) is 2.51. The number of hydrogen-bond acceptors (Lipinski definition) is 3. The van der Waals surface area contributed by atoms with Gasteiger partial charge in [0.25, 0.3) is 0 Å². The third-order valence-corrected chi connectivity index (χ3v) is 6.00. The average Bonchev–Trinajstić information content (AvgIpc) is 3.21. The summed E-state index contributed by atoms with van der Waals surface area (Å²) in [5, 5.41) is 6.81. The van der Waals surface area contributed by atoms with E-state index in [0.29, 0.717) is 19.0 Å². The van der Waals surface area contributed by atoms with Crippen molar-refractivity contribution >= 4 is 17.8 Å². The van der Waals surface area contributed by atoms with Gasteiger partial charge < -0.3 is 20.4 Å². The fourth-order valence-corrected chi connectivity index (χ4v) is 4.21. The van der Waals surface area contributed by atoms with E-state index in [-0.39, 0.29) is 17.7 Å². The lowest BCUT2D eigenvalue weighted by atomic mass is 10.0. The molecule has 1 aromatic rings. The maximum atomic E-state index is 12.5. The molecule has 0 unspecified atom stereocenters. The predicted molar refractivity (Wildman–Crippen MR) is 123 cm³/mol. The fraction of sp³-hybridized carbons (Fsp3) is 0.625. The van der Waals surface area contributed by atoms with Gasteiger partial charge in [0.2, 0.25) is 11.8 Å². The Morgan fingerprint density at radius 1 is 1.10 bits per heavy atom. The van der Waals surface area contributed by atoms with E-state index in [2.05, 4.69) is 34.7 Å². The summed E-state index contributed by atoms with van der Waals surface area (Å²) in [4.78, 5) is 33.3. The molecule has 2 aliphatic rings. The van der Waals surface area contributed by atoms with Gasteiger partial charge in [0.1, 0.15) is 0 Å². The van der Waals surface area contributed by atoms with Crippen LogP contribution < -0.4 is 10.6 Å². The van der Waals surface area contributed by atoms with Gasteiger partial charge in [-0.05, 0) is 37.3 Å². The summed E-state index contributed by atoms with van der Waals surface area (Å²) in [5.41, 5.74) is 2.52. The second-order valence-electron chi connectivity index (χ2n) is 8.78. The number of carbonyl (C=O) groups excluding carboxylic acids is 2. The van der Waals surface area contributed by atoms with E-state index in [4.69, 9.17) is 0 Å². The van der Waals surface area contributed by atoms with Crippen molar-refractivity contribution < 1.29 is 9.59 Å². The minimum Gasteiger partial charge on any atom is -0.357 e. The van der Waals surface area contributed by atoms with Gasteiger partial charge in [0.15, 0.2) is 5.96 Å². The van der Waals surface area contributed by atoms with Gasteiger partial charge in [0, 0.05) is 57.6 Å². The van der Waals surface area contributed by atoms with Gasteiger partial charge >= 0.3 is 0 Å². The molecule has 0 atom stereocenters. The summed E-state index contributed by atoms with van der Waals surface area (Å²) >= 11 is 0. The summed E-state index contributed by atoms with van der Waals surface area (Å²) < 4.78 is 0. The van der Waals surface area contributed by atoms with Crippen molar-refractivity contribution in [2.45, 2.75) is 65.6 Å². The molecule has 7 nitrogen and oxygen atoms in total. The minimum absolute atomic E-state index is 0.0563. The molecule has 2 N–H and O–H groups in total. The van der Waals surface area contributed by atoms with Crippen LogP contribution in [0.3, 0.4) is 0 Å². The van der Waals surface area contributed by atoms with E-state index in [0.717, 1.165) is 57.9 Å². The molecular weight excluding hydrogens is 390 g/mol. The highest BCUT2D eigenvalue weighted by Crippen LogP contribution is 2.23. The topological polar surface area (TPSA) is 77.0 Å². The Hall–Kier alpha value is -2.57. The number of amides is 2. The van der Waals surface area contributed by atoms with E-state index in [1.54, 1.807) is 0 Å². The van der Waals surface area contributed by atoms with Crippen molar-refractivity contribution in [1.29, 1.82) is 0 Å². The molecule has 1 fully saturated rings. The first kappa shape index (κ1) is 23.1. The molecule has 0 saturated carbocycles. The number of nitrogens with zero attached hydrogens (tertiary/aromatic N) is 3. The van der Waals surface area contributed by atoms with Gasteiger partial charge in [-0.25, -0.2) is 0 Å². The molecule has 31 heavy (non-hydrogen) atoms. The molecule has 2 heterocycles. The van der Waals surface area contributed by atoms with Crippen LogP contribution in [0.5, 0.6) is 0 Å². The largest absolute Gasteiger partial charge is 0.357 e. The van der Waals surface area contributed by atoms with Crippen LogP contribution in [0, 0.1) is 5.92 Å². The zero-order chi connectivity index (χ0) is 22.2. The number of rotatable bonds is 7. The van der Waals surface area contributed by atoms with Gasteiger partial charge in [-0.1, -0.05) is 38.1 Å². The monoisotopic (exact) mass is 427 g/mol. The van der Waals surface area contributed by atoms with Gasteiger partial charge in [-0.2, -0.15) is 0 Å². The van der Waals surface area contributed by atoms with Crippen molar-refractivity contribution in [2.75, 3.05) is 26.2 Å². The Morgan fingerprint density at radius 2 is 1.74 bits per heavy atom. The molecule has 1 aromatic carbocycles. The maximum absolute atomic E-state index is 12.5. The first-order chi connectivity index (χ1) is 15.0. The SMILES string of the molecule is CCNC(=NCCCC(=O)N1Cc2ccccc2C1)NC1CCN(C(=O)C(C)C)CC1. The molecule has 1 saturated heterocycles. The summed E-state index contributed by atoms with van der Waals surface area (Å²) in [6.07, 6.45) is 3.12. The summed E-state index contributed by atoms with van der Waals surface area (Å²) in [5.74, 6) is 1.30. The van der Waals surface area contributed by atoms with Crippen molar-refractivity contribution in [3.8, 4) is 0 Å². The van der Waals surface area contributed by atoms with Crippen LogP contribution in [0.4, 0.5) is 0 Å². The van der Waals surface area contributed by atoms with E-state index < -0.39 is 0 Å². The normalized spacial score (nSPS) is 17.1. The van der Waals surface area contributed by atoms with Crippen LogP contribution in [-0.2, 0) is 22.7 Å². The van der Waals surface area contributed by atoms with Gasteiger partial charge in [-0.15, -0.1) is 0 Å². The molecule has 0 aliphatic carbocycles. The Morgan fingerprint density at radius 3 is 2.32 bits per heavy atom. The highest BCUT2D eigenvalue weighted by molar-refractivity contribution is 5.80. The van der Waals surface area contributed by atoms with Gasteiger partial charge in [-0.3, -0.25) is 14.6 Å². The lowest BCUT2D eigenvalue weighted by molar-refractivity contribution is -0.135. The van der Waals surface area contributed by atoms with Crippen LogP contribution in [-0.4, -0.2) is 59.8 Å². The molecule has 2 amide bonds. The zero-order valence-electron chi connectivity index (χ0n) is 19.2. The molecule has 0 radical (unpaired) electrons. The van der Waals surface area contributed by atoms with E-state index in [1.165, 1.54) is 11.1 Å². The summed E-state index contributed by atoms with van der Waals surface area (Å²) in [6, 6.07) is 8.58. The van der Waals surface area contributed by atoms with Crippen LogP contribution >= 0.6 is 0 Å². The molecule has 0 bridgehead atoms. The van der Waals surface area contributed by atoms with Gasteiger partial charge in [0.05, 0.1) is 0 Å².